The molecule has 1 heterocycles. The van der Waals surface area contributed by atoms with E-state index in [-0.39, 0.29) is 5.91 Å². The first-order valence-electron chi connectivity index (χ1n) is 6.32. The van der Waals surface area contributed by atoms with Crippen LogP contribution in [0, 0.1) is 0 Å². The lowest BCUT2D eigenvalue weighted by molar-refractivity contribution is -0.112. The molecule has 1 N–H and O–H groups in total. The van der Waals surface area contributed by atoms with E-state index in [9.17, 15) is 9.59 Å². The molecule has 0 fully saturated rings. The highest BCUT2D eigenvalue weighted by atomic mass is 16.1. The Morgan fingerprint density at radius 2 is 2.17 bits per heavy atom. The summed E-state index contributed by atoms with van der Waals surface area (Å²) in [5, 5.41) is 2.88. The van der Waals surface area contributed by atoms with Gasteiger partial charge in [0.15, 0.2) is 0 Å². The molecule has 1 aromatic carbocycles. The standard InChI is InChI=1S/C15H17NO2/c17-10-3-1-2-5-12-8-9-13-6-4-7-15(18)16-14(13)11-12/h4,7-11H,1-3,5-6H2,(H,16,18). The lowest BCUT2D eigenvalue weighted by Gasteiger charge is -2.09. The maximum absolute atomic E-state index is 11.4. The van der Waals surface area contributed by atoms with E-state index in [0.717, 1.165) is 43.2 Å². The second kappa shape index (κ2) is 6.15. The van der Waals surface area contributed by atoms with Crippen LogP contribution in [0.2, 0.25) is 0 Å². The lowest BCUT2D eigenvalue weighted by Crippen LogP contribution is -2.07. The van der Waals surface area contributed by atoms with Gasteiger partial charge in [-0.15, -0.1) is 0 Å². The number of aryl methyl sites for hydroxylation is 1. The van der Waals surface area contributed by atoms with Crippen LogP contribution in [-0.2, 0) is 22.4 Å². The van der Waals surface area contributed by atoms with E-state index in [1.165, 1.54) is 5.56 Å². The van der Waals surface area contributed by atoms with E-state index in [1.54, 1.807) is 6.08 Å². The molecule has 0 radical (unpaired) electrons. The molecule has 0 spiro atoms. The minimum absolute atomic E-state index is 0.0631. The number of fused-ring (bicyclic) bond motifs is 1. The third-order valence-electron chi connectivity index (χ3n) is 3.08. The van der Waals surface area contributed by atoms with Gasteiger partial charge in [0.1, 0.15) is 6.29 Å². The zero-order valence-corrected chi connectivity index (χ0v) is 10.3. The van der Waals surface area contributed by atoms with Crippen LogP contribution in [0.1, 0.15) is 30.4 Å². The van der Waals surface area contributed by atoms with E-state index in [2.05, 4.69) is 17.4 Å². The fourth-order valence-corrected chi connectivity index (χ4v) is 2.10. The summed E-state index contributed by atoms with van der Waals surface area (Å²) < 4.78 is 0. The van der Waals surface area contributed by atoms with Gasteiger partial charge in [0.25, 0.3) is 0 Å². The number of nitrogens with one attached hydrogen (secondary N) is 1. The summed E-state index contributed by atoms with van der Waals surface area (Å²) in [6.07, 6.45) is 8.71. The molecule has 0 atom stereocenters. The van der Waals surface area contributed by atoms with Crippen LogP contribution >= 0.6 is 0 Å². The van der Waals surface area contributed by atoms with Crippen LogP contribution in [0.15, 0.2) is 30.4 Å². The van der Waals surface area contributed by atoms with Gasteiger partial charge >= 0.3 is 0 Å². The van der Waals surface area contributed by atoms with Crippen molar-refractivity contribution in [1.82, 2.24) is 0 Å². The molecule has 1 aliphatic rings. The summed E-state index contributed by atoms with van der Waals surface area (Å²) >= 11 is 0. The Bertz CT molecular complexity index is 477. The van der Waals surface area contributed by atoms with Crippen LogP contribution in [0.4, 0.5) is 5.69 Å². The van der Waals surface area contributed by atoms with Crippen molar-refractivity contribution in [1.29, 1.82) is 0 Å². The quantitative estimate of drug-likeness (QED) is 0.638. The molecular formula is C15H17NO2. The number of unbranched alkanes of at least 4 members (excludes halogenated alkanes) is 2. The lowest BCUT2D eigenvalue weighted by atomic mass is 10.0. The molecule has 0 unspecified atom stereocenters. The van der Waals surface area contributed by atoms with Crippen molar-refractivity contribution in [2.45, 2.75) is 32.1 Å². The Kier molecular flexibility index (Phi) is 4.29. The van der Waals surface area contributed by atoms with Gasteiger partial charge in [-0.25, -0.2) is 0 Å². The molecule has 0 aliphatic carbocycles. The predicted molar refractivity (Wildman–Crippen MR) is 71.5 cm³/mol. The number of carbonyl (C=O) groups is 2. The molecule has 0 aromatic heterocycles. The Labute approximate surface area is 107 Å². The minimum Gasteiger partial charge on any atom is -0.322 e. The van der Waals surface area contributed by atoms with Crippen molar-refractivity contribution in [2.75, 3.05) is 5.32 Å². The molecule has 0 bridgehead atoms. The molecule has 3 heteroatoms. The van der Waals surface area contributed by atoms with E-state index < -0.39 is 0 Å². The first-order valence-corrected chi connectivity index (χ1v) is 6.32. The van der Waals surface area contributed by atoms with Gasteiger partial charge in [0, 0.05) is 12.1 Å². The fraction of sp³-hybridized carbons (Fsp3) is 0.333. The zero-order chi connectivity index (χ0) is 12.8. The van der Waals surface area contributed by atoms with Crippen molar-refractivity contribution in [2.24, 2.45) is 0 Å². The van der Waals surface area contributed by atoms with Crippen molar-refractivity contribution < 1.29 is 9.59 Å². The topological polar surface area (TPSA) is 46.2 Å². The minimum atomic E-state index is -0.0631. The number of hydrogen-bond acceptors (Lipinski definition) is 2. The molecule has 2 rings (SSSR count). The maximum atomic E-state index is 11.4. The van der Waals surface area contributed by atoms with Crippen molar-refractivity contribution in [3.8, 4) is 0 Å². The number of anilines is 1. The monoisotopic (exact) mass is 243 g/mol. The molecule has 3 nitrogen and oxygen atoms in total. The molecule has 0 saturated heterocycles. The average Bonchev–Trinajstić information content (AvgIpc) is 2.55. The second-order valence-electron chi connectivity index (χ2n) is 4.50. The van der Waals surface area contributed by atoms with Crippen LogP contribution in [0.25, 0.3) is 0 Å². The number of carbonyl (C=O) groups excluding carboxylic acids is 2. The van der Waals surface area contributed by atoms with Gasteiger partial charge in [-0.2, -0.15) is 0 Å². The SMILES string of the molecule is O=CCCCCc1ccc2c(c1)NC(=O)C=CC2. The molecule has 1 aromatic rings. The first kappa shape index (κ1) is 12.6. The summed E-state index contributed by atoms with van der Waals surface area (Å²) in [7, 11) is 0. The number of hydrogen-bond donors (Lipinski definition) is 1. The number of benzene rings is 1. The van der Waals surface area contributed by atoms with E-state index in [0.29, 0.717) is 6.42 Å². The van der Waals surface area contributed by atoms with Crippen LogP contribution < -0.4 is 5.32 Å². The molecule has 0 saturated carbocycles. The average molecular weight is 243 g/mol. The predicted octanol–water partition coefficient (Wildman–Crippen LogP) is 2.65. The number of amides is 1. The Hall–Kier alpha value is -1.90. The highest BCUT2D eigenvalue weighted by Crippen LogP contribution is 2.22. The van der Waals surface area contributed by atoms with Crippen molar-refractivity contribution in [3.63, 3.8) is 0 Å². The summed E-state index contributed by atoms with van der Waals surface area (Å²) in [6.45, 7) is 0. The largest absolute Gasteiger partial charge is 0.322 e. The van der Waals surface area contributed by atoms with E-state index >= 15 is 0 Å². The van der Waals surface area contributed by atoms with Gasteiger partial charge in [0.05, 0.1) is 0 Å². The first-order chi connectivity index (χ1) is 8.79. The van der Waals surface area contributed by atoms with Gasteiger partial charge in [-0.1, -0.05) is 18.2 Å². The summed E-state index contributed by atoms with van der Waals surface area (Å²) in [5.74, 6) is -0.0631. The van der Waals surface area contributed by atoms with Crippen LogP contribution in [0.3, 0.4) is 0 Å². The fourth-order valence-electron chi connectivity index (χ4n) is 2.10. The summed E-state index contributed by atoms with van der Waals surface area (Å²) in [6, 6.07) is 6.21. The highest BCUT2D eigenvalue weighted by molar-refractivity contribution is 6.00. The number of aldehydes is 1. The third kappa shape index (κ3) is 3.29. The summed E-state index contributed by atoms with van der Waals surface area (Å²) in [4.78, 5) is 21.6. The van der Waals surface area contributed by atoms with E-state index in [1.807, 2.05) is 12.1 Å². The molecule has 1 amide bonds. The van der Waals surface area contributed by atoms with Gasteiger partial charge in [-0.3, -0.25) is 4.79 Å². The highest BCUT2D eigenvalue weighted by Gasteiger charge is 2.08. The molecule has 1 aliphatic heterocycles. The van der Waals surface area contributed by atoms with Gasteiger partial charge in [-0.05, 0) is 49.0 Å². The van der Waals surface area contributed by atoms with Gasteiger partial charge < -0.3 is 10.1 Å². The Morgan fingerprint density at radius 3 is 3.00 bits per heavy atom. The van der Waals surface area contributed by atoms with E-state index in [4.69, 9.17) is 0 Å². The molecule has 94 valence electrons. The zero-order valence-electron chi connectivity index (χ0n) is 10.3. The Balaban J connectivity index is 2.03. The van der Waals surface area contributed by atoms with Gasteiger partial charge in [0.2, 0.25) is 5.91 Å². The Morgan fingerprint density at radius 1 is 1.28 bits per heavy atom. The summed E-state index contributed by atoms with van der Waals surface area (Å²) in [5.41, 5.74) is 3.27. The maximum Gasteiger partial charge on any atom is 0.248 e. The number of allylic oxidation sites excluding steroid dienone is 1. The third-order valence-corrected chi connectivity index (χ3v) is 3.08. The smallest absolute Gasteiger partial charge is 0.248 e. The normalized spacial score (nSPS) is 13.7. The molecular weight excluding hydrogens is 226 g/mol. The van der Waals surface area contributed by atoms with Crippen molar-refractivity contribution >= 4 is 17.9 Å². The van der Waals surface area contributed by atoms with Crippen molar-refractivity contribution in [3.05, 3.63) is 41.5 Å². The van der Waals surface area contributed by atoms with Crippen LogP contribution in [0.5, 0.6) is 0 Å². The molecule has 18 heavy (non-hydrogen) atoms. The van der Waals surface area contributed by atoms with Crippen LogP contribution in [-0.4, -0.2) is 12.2 Å². The number of rotatable bonds is 5. The second-order valence-corrected chi connectivity index (χ2v) is 4.50.